The summed E-state index contributed by atoms with van der Waals surface area (Å²) in [6.45, 7) is 2.80. The molecule has 0 aromatic heterocycles. The van der Waals surface area contributed by atoms with Crippen LogP contribution < -0.4 is 9.64 Å². The number of fused-ring (bicyclic) bond motifs is 1. The molecular formula is C18H15BrClNO3. The van der Waals surface area contributed by atoms with Gasteiger partial charge in [0.15, 0.2) is 0 Å². The molecule has 0 bridgehead atoms. The van der Waals surface area contributed by atoms with E-state index in [9.17, 15) is 9.59 Å². The van der Waals surface area contributed by atoms with E-state index < -0.39 is 11.7 Å². The molecule has 1 aliphatic heterocycles. The lowest BCUT2D eigenvalue weighted by atomic mass is 10.1. The third-order valence-corrected chi connectivity index (χ3v) is 4.77. The van der Waals surface area contributed by atoms with Crippen molar-refractivity contribution < 1.29 is 14.3 Å². The van der Waals surface area contributed by atoms with E-state index in [1.54, 1.807) is 18.2 Å². The van der Waals surface area contributed by atoms with E-state index in [0.717, 1.165) is 15.8 Å². The van der Waals surface area contributed by atoms with Crippen molar-refractivity contribution in [3.05, 3.63) is 57.0 Å². The smallest absolute Gasteiger partial charge is 0.299 e. The Balaban J connectivity index is 1.60. The second-order valence-electron chi connectivity index (χ2n) is 5.56. The van der Waals surface area contributed by atoms with Crippen molar-refractivity contribution in [3.63, 3.8) is 0 Å². The number of hydrogen-bond donors (Lipinski definition) is 0. The summed E-state index contributed by atoms with van der Waals surface area (Å²) < 4.78 is 6.46. The number of benzene rings is 2. The molecule has 24 heavy (non-hydrogen) atoms. The predicted octanol–water partition coefficient (Wildman–Crippen LogP) is 4.41. The number of ether oxygens (including phenoxy) is 1. The highest BCUT2D eigenvalue weighted by Gasteiger charge is 2.35. The summed E-state index contributed by atoms with van der Waals surface area (Å²) in [6, 6.07) is 10.8. The highest BCUT2D eigenvalue weighted by molar-refractivity contribution is 9.10. The Morgan fingerprint density at radius 2 is 1.96 bits per heavy atom. The Morgan fingerprint density at radius 3 is 2.71 bits per heavy atom. The lowest BCUT2D eigenvalue weighted by molar-refractivity contribution is -0.114. The Labute approximate surface area is 153 Å². The molecule has 2 aromatic carbocycles. The first kappa shape index (κ1) is 17.0. The number of carbonyl (C=O) groups is 2. The average molecular weight is 409 g/mol. The minimum atomic E-state index is -0.481. The van der Waals surface area contributed by atoms with Crippen molar-refractivity contribution in [2.75, 3.05) is 18.1 Å². The van der Waals surface area contributed by atoms with Gasteiger partial charge >= 0.3 is 0 Å². The standard InChI is InChI=1S/C18H15BrClNO3/c1-11-9-13(4-5-15(11)20)24-8-2-7-21-16-6-3-12(19)10-14(16)17(22)18(21)23/h3-6,9-10H,2,7-8H2,1H3. The van der Waals surface area contributed by atoms with Crippen LogP contribution in [0.25, 0.3) is 0 Å². The highest BCUT2D eigenvalue weighted by atomic mass is 79.9. The predicted molar refractivity (Wildman–Crippen MR) is 97.1 cm³/mol. The number of amides is 1. The van der Waals surface area contributed by atoms with E-state index in [-0.39, 0.29) is 0 Å². The van der Waals surface area contributed by atoms with Gasteiger partial charge in [0.2, 0.25) is 0 Å². The second kappa shape index (κ2) is 6.95. The van der Waals surface area contributed by atoms with E-state index in [4.69, 9.17) is 16.3 Å². The summed E-state index contributed by atoms with van der Waals surface area (Å²) in [7, 11) is 0. The third kappa shape index (κ3) is 3.32. The molecule has 0 saturated carbocycles. The van der Waals surface area contributed by atoms with Gasteiger partial charge < -0.3 is 9.64 Å². The van der Waals surface area contributed by atoms with Crippen LogP contribution in [0, 0.1) is 6.92 Å². The molecule has 0 saturated heterocycles. The number of halogens is 2. The summed E-state index contributed by atoms with van der Waals surface area (Å²) in [5.74, 6) is -0.198. The Kier molecular flexibility index (Phi) is 4.92. The van der Waals surface area contributed by atoms with Crippen molar-refractivity contribution in [2.45, 2.75) is 13.3 Å². The minimum absolute atomic E-state index is 0.436. The Morgan fingerprint density at radius 1 is 1.17 bits per heavy atom. The van der Waals surface area contributed by atoms with Gasteiger partial charge in [0.25, 0.3) is 11.7 Å². The summed E-state index contributed by atoms with van der Waals surface area (Å²) >= 11 is 9.30. The molecule has 0 unspecified atom stereocenters. The van der Waals surface area contributed by atoms with Crippen LogP contribution in [-0.4, -0.2) is 24.8 Å². The van der Waals surface area contributed by atoms with E-state index in [1.165, 1.54) is 4.90 Å². The van der Waals surface area contributed by atoms with Gasteiger partial charge in [-0.1, -0.05) is 27.5 Å². The molecule has 1 heterocycles. The molecule has 3 rings (SSSR count). The number of rotatable bonds is 5. The third-order valence-electron chi connectivity index (χ3n) is 3.86. The van der Waals surface area contributed by atoms with E-state index in [0.29, 0.717) is 35.8 Å². The zero-order valence-electron chi connectivity index (χ0n) is 13.0. The van der Waals surface area contributed by atoms with Crippen LogP contribution in [0.2, 0.25) is 5.02 Å². The summed E-state index contributed by atoms with van der Waals surface area (Å²) in [5, 5.41) is 0.700. The lowest BCUT2D eigenvalue weighted by Crippen LogP contribution is -2.31. The largest absolute Gasteiger partial charge is 0.494 e. The summed E-state index contributed by atoms with van der Waals surface area (Å²) in [6.07, 6.45) is 0.621. The number of Topliss-reactive ketones (excluding diaryl/α,β-unsaturated/α-hetero) is 1. The fraction of sp³-hybridized carbons (Fsp3) is 0.222. The number of nitrogens with zero attached hydrogens (tertiary/aromatic N) is 1. The number of anilines is 1. The highest BCUT2D eigenvalue weighted by Crippen LogP contribution is 2.31. The van der Waals surface area contributed by atoms with Crippen molar-refractivity contribution in [1.29, 1.82) is 0 Å². The number of aryl methyl sites for hydroxylation is 1. The van der Waals surface area contributed by atoms with Crippen LogP contribution in [0.15, 0.2) is 40.9 Å². The van der Waals surface area contributed by atoms with Crippen LogP contribution in [0.3, 0.4) is 0 Å². The van der Waals surface area contributed by atoms with E-state index >= 15 is 0 Å². The maximum absolute atomic E-state index is 12.1. The van der Waals surface area contributed by atoms with Crippen LogP contribution in [0.4, 0.5) is 5.69 Å². The molecule has 0 aliphatic carbocycles. The van der Waals surface area contributed by atoms with Crippen LogP contribution >= 0.6 is 27.5 Å². The van der Waals surface area contributed by atoms with Crippen molar-refractivity contribution >= 4 is 44.9 Å². The molecule has 1 amide bonds. The van der Waals surface area contributed by atoms with Gasteiger partial charge in [0.05, 0.1) is 17.9 Å². The van der Waals surface area contributed by atoms with Gasteiger partial charge in [-0.25, -0.2) is 0 Å². The molecule has 2 aromatic rings. The van der Waals surface area contributed by atoms with Gasteiger partial charge in [-0.15, -0.1) is 0 Å². The first-order valence-corrected chi connectivity index (χ1v) is 8.69. The maximum atomic E-state index is 12.1. The van der Waals surface area contributed by atoms with Gasteiger partial charge in [0.1, 0.15) is 5.75 Å². The van der Waals surface area contributed by atoms with Crippen LogP contribution in [-0.2, 0) is 4.79 Å². The minimum Gasteiger partial charge on any atom is -0.494 e. The van der Waals surface area contributed by atoms with Gasteiger partial charge in [-0.2, -0.15) is 0 Å². The van der Waals surface area contributed by atoms with Crippen LogP contribution in [0.1, 0.15) is 22.3 Å². The molecule has 0 radical (unpaired) electrons. The zero-order valence-corrected chi connectivity index (χ0v) is 15.4. The fourth-order valence-electron chi connectivity index (χ4n) is 2.61. The molecule has 124 valence electrons. The molecular weight excluding hydrogens is 394 g/mol. The van der Waals surface area contributed by atoms with Crippen molar-refractivity contribution in [3.8, 4) is 5.75 Å². The number of hydrogen-bond acceptors (Lipinski definition) is 3. The molecule has 0 atom stereocenters. The zero-order chi connectivity index (χ0) is 17.3. The number of carbonyl (C=O) groups excluding carboxylic acids is 2. The molecule has 6 heteroatoms. The molecule has 0 fully saturated rings. The monoisotopic (exact) mass is 407 g/mol. The quantitative estimate of drug-likeness (QED) is 0.544. The van der Waals surface area contributed by atoms with Gasteiger partial charge in [-0.05, 0) is 55.3 Å². The maximum Gasteiger partial charge on any atom is 0.299 e. The molecule has 1 aliphatic rings. The molecule has 4 nitrogen and oxygen atoms in total. The molecule has 0 spiro atoms. The average Bonchev–Trinajstić information content (AvgIpc) is 2.79. The first-order chi connectivity index (χ1) is 11.5. The lowest BCUT2D eigenvalue weighted by Gasteiger charge is -2.16. The fourth-order valence-corrected chi connectivity index (χ4v) is 3.09. The van der Waals surface area contributed by atoms with Crippen molar-refractivity contribution in [2.24, 2.45) is 0 Å². The van der Waals surface area contributed by atoms with E-state index in [1.807, 2.05) is 25.1 Å². The Hall–Kier alpha value is -1.85. The second-order valence-corrected chi connectivity index (χ2v) is 6.88. The van der Waals surface area contributed by atoms with E-state index in [2.05, 4.69) is 15.9 Å². The van der Waals surface area contributed by atoms with Gasteiger partial charge in [0, 0.05) is 16.0 Å². The topological polar surface area (TPSA) is 46.6 Å². The molecule has 0 N–H and O–H groups in total. The summed E-state index contributed by atoms with van der Waals surface area (Å²) in [4.78, 5) is 25.7. The first-order valence-electron chi connectivity index (χ1n) is 7.52. The summed E-state index contributed by atoms with van der Waals surface area (Å²) in [5.41, 5.74) is 2.06. The SMILES string of the molecule is Cc1cc(OCCCN2C(=O)C(=O)c3cc(Br)ccc32)ccc1Cl. The van der Waals surface area contributed by atoms with Gasteiger partial charge in [-0.3, -0.25) is 9.59 Å². The van der Waals surface area contributed by atoms with Crippen LogP contribution in [0.5, 0.6) is 5.75 Å². The Bertz CT molecular complexity index is 822. The normalized spacial score (nSPS) is 13.4. The number of ketones is 1. The van der Waals surface area contributed by atoms with Crippen molar-refractivity contribution in [1.82, 2.24) is 0 Å².